The second-order valence-electron chi connectivity index (χ2n) is 3.40. The smallest absolute Gasteiger partial charge is 0.126 e. The molecule has 0 amide bonds. The average molecular weight is 202 g/mol. The first-order valence-corrected chi connectivity index (χ1v) is 4.85. The molecule has 78 valence electrons. The van der Waals surface area contributed by atoms with Gasteiger partial charge in [-0.1, -0.05) is 30.3 Å². The molecule has 0 saturated heterocycles. The SMILES string of the molecule is NCc1cnn(Cc2ccccc2)c1N. The molecule has 0 aliphatic carbocycles. The number of hydrogen-bond acceptors (Lipinski definition) is 3. The van der Waals surface area contributed by atoms with Crippen LogP contribution in [-0.4, -0.2) is 9.78 Å². The monoisotopic (exact) mass is 202 g/mol. The summed E-state index contributed by atoms with van der Waals surface area (Å²) in [5.74, 6) is 0.654. The van der Waals surface area contributed by atoms with Crippen LogP contribution < -0.4 is 11.5 Å². The van der Waals surface area contributed by atoms with Crippen molar-refractivity contribution in [2.24, 2.45) is 5.73 Å². The van der Waals surface area contributed by atoms with Gasteiger partial charge < -0.3 is 11.5 Å². The van der Waals surface area contributed by atoms with Crippen LogP contribution in [0.25, 0.3) is 0 Å². The Morgan fingerprint density at radius 1 is 1.20 bits per heavy atom. The van der Waals surface area contributed by atoms with Gasteiger partial charge >= 0.3 is 0 Å². The van der Waals surface area contributed by atoms with Crippen LogP contribution in [0.1, 0.15) is 11.1 Å². The average Bonchev–Trinajstić information content (AvgIpc) is 2.62. The van der Waals surface area contributed by atoms with Crippen molar-refractivity contribution in [3.8, 4) is 0 Å². The van der Waals surface area contributed by atoms with Gasteiger partial charge in [-0.05, 0) is 5.56 Å². The molecule has 0 bridgehead atoms. The van der Waals surface area contributed by atoms with E-state index in [-0.39, 0.29) is 0 Å². The highest BCUT2D eigenvalue weighted by molar-refractivity contribution is 5.39. The Kier molecular flexibility index (Phi) is 2.69. The molecule has 4 nitrogen and oxygen atoms in total. The largest absolute Gasteiger partial charge is 0.384 e. The molecule has 1 heterocycles. The van der Waals surface area contributed by atoms with Gasteiger partial charge in [0, 0.05) is 12.1 Å². The standard InChI is InChI=1S/C11H14N4/c12-6-10-7-14-15(11(10)13)8-9-4-2-1-3-5-9/h1-5,7H,6,8,12-13H2. The number of rotatable bonds is 3. The Balaban J connectivity index is 2.21. The van der Waals surface area contributed by atoms with Crippen LogP contribution in [0.4, 0.5) is 5.82 Å². The fraction of sp³-hybridized carbons (Fsp3) is 0.182. The van der Waals surface area contributed by atoms with E-state index in [9.17, 15) is 0 Å². The number of aromatic nitrogens is 2. The van der Waals surface area contributed by atoms with Gasteiger partial charge in [0.2, 0.25) is 0 Å². The van der Waals surface area contributed by atoms with Gasteiger partial charge in [0.25, 0.3) is 0 Å². The zero-order valence-electron chi connectivity index (χ0n) is 8.43. The number of benzene rings is 1. The number of nitrogens with two attached hydrogens (primary N) is 2. The Morgan fingerprint density at radius 3 is 2.53 bits per heavy atom. The summed E-state index contributed by atoms with van der Waals surface area (Å²) in [7, 11) is 0. The molecule has 4 heteroatoms. The fourth-order valence-corrected chi connectivity index (χ4v) is 1.47. The third-order valence-corrected chi connectivity index (χ3v) is 2.36. The summed E-state index contributed by atoms with van der Waals surface area (Å²) in [6.07, 6.45) is 1.72. The van der Waals surface area contributed by atoms with Crippen LogP contribution in [0.2, 0.25) is 0 Å². The van der Waals surface area contributed by atoms with Crippen molar-refractivity contribution in [3.63, 3.8) is 0 Å². The van der Waals surface area contributed by atoms with Gasteiger partial charge in [-0.2, -0.15) is 5.10 Å². The van der Waals surface area contributed by atoms with Gasteiger partial charge in [-0.25, -0.2) is 4.68 Å². The predicted molar refractivity (Wildman–Crippen MR) is 60.1 cm³/mol. The molecule has 0 saturated carbocycles. The topological polar surface area (TPSA) is 69.9 Å². The molecule has 15 heavy (non-hydrogen) atoms. The van der Waals surface area contributed by atoms with Crippen molar-refractivity contribution in [2.75, 3.05) is 5.73 Å². The minimum absolute atomic E-state index is 0.431. The highest BCUT2D eigenvalue weighted by atomic mass is 15.3. The van der Waals surface area contributed by atoms with Crippen LogP contribution in [0.5, 0.6) is 0 Å². The first-order valence-electron chi connectivity index (χ1n) is 4.85. The van der Waals surface area contributed by atoms with E-state index < -0.39 is 0 Å². The van der Waals surface area contributed by atoms with E-state index in [4.69, 9.17) is 11.5 Å². The number of anilines is 1. The Hall–Kier alpha value is -1.81. The zero-order chi connectivity index (χ0) is 10.7. The number of nitrogens with zero attached hydrogens (tertiary/aromatic N) is 2. The summed E-state index contributed by atoms with van der Waals surface area (Å²) in [5.41, 5.74) is 13.5. The summed E-state index contributed by atoms with van der Waals surface area (Å²) >= 11 is 0. The molecule has 2 rings (SSSR count). The van der Waals surface area contributed by atoms with Crippen LogP contribution in [-0.2, 0) is 13.1 Å². The molecule has 0 unspecified atom stereocenters. The van der Waals surface area contributed by atoms with Gasteiger partial charge in [0.15, 0.2) is 0 Å². The van der Waals surface area contributed by atoms with E-state index in [1.165, 1.54) is 5.56 Å². The molecule has 1 aromatic carbocycles. The van der Waals surface area contributed by atoms with E-state index in [0.717, 1.165) is 5.56 Å². The maximum Gasteiger partial charge on any atom is 0.126 e. The lowest BCUT2D eigenvalue weighted by Crippen LogP contribution is -2.07. The van der Waals surface area contributed by atoms with Crippen LogP contribution in [0, 0.1) is 0 Å². The molecule has 0 aliphatic heterocycles. The first-order chi connectivity index (χ1) is 7.31. The molecule has 1 aromatic heterocycles. The van der Waals surface area contributed by atoms with Gasteiger partial charge in [-0.3, -0.25) is 0 Å². The maximum atomic E-state index is 5.88. The van der Waals surface area contributed by atoms with Gasteiger partial charge in [-0.15, -0.1) is 0 Å². The van der Waals surface area contributed by atoms with E-state index in [1.54, 1.807) is 10.9 Å². The summed E-state index contributed by atoms with van der Waals surface area (Å²) < 4.78 is 1.76. The van der Waals surface area contributed by atoms with E-state index in [1.807, 2.05) is 30.3 Å². The van der Waals surface area contributed by atoms with Crippen LogP contribution in [0.15, 0.2) is 36.5 Å². The lowest BCUT2D eigenvalue weighted by molar-refractivity contribution is 0.697. The Morgan fingerprint density at radius 2 is 1.93 bits per heavy atom. The van der Waals surface area contributed by atoms with Crippen LogP contribution in [0.3, 0.4) is 0 Å². The molecule has 0 atom stereocenters. The fourth-order valence-electron chi connectivity index (χ4n) is 1.47. The van der Waals surface area contributed by atoms with Crippen molar-refractivity contribution in [2.45, 2.75) is 13.1 Å². The molecule has 4 N–H and O–H groups in total. The van der Waals surface area contributed by atoms with Gasteiger partial charge in [0.05, 0.1) is 12.7 Å². The summed E-state index contributed by atoms with van der Waals surface area (Å²) in [4.78, 5) is 0. The van der Waals surface area contributed by atoms with Crippen molar-refractivity contribution < 1.29 is 0 Å². The highest BCUT2D eigenvalue weighted by Crippen LogP contribution is 2.12. The lowest BCUT2D eigenvalue weighted by Gasteiger charge is -2.04. The van der Waals surface area contributed by atoms with Crippen molar-refractivity contribution in [3.05, 3.63) is 47.7 Å². The minimum atomic E-state index is 0.431. The van der Waals surface area contributed by atoms with Crippen molar-refractivity contribution >= 4 is 5.82 Å². The highest BCUT2D eigenvalue weighted by Gasteiger charge is 2.05. The molecule has 0 fully saturated rings. The normalized spacial score (nSPS) is 10.5. The quantitative estimate of drug-likeness (QED) is 0.779. The minimum Gasteiger partial charge on any atom is -0.384 e. The number of hydrogen-bond donors (Lipinski definition) is 2. The molecule has 0 spiro atoms. The Labute approximate surface area is 88.5 Å². The van der Waals surface area contributed by atoms with E-state index in [0.29, 0.717) is 18.9 Å². The van der Waals surface area contributed by atoms with E-state index in [2.05, 4.69) is 5.10 Å². The summed E-state index contributed by atoms with van der Waals surface area (Å²) in [5, 5.41) is 4.19. The summed E-state index contributed by atoms with van der Waals surface area (Å²) in [6.45, 7) is 1.12. The maximum absolute atomic E-state index is 5.88. The lowest BCUT2D eigenvalue weighted by atomic mass is 10.2. The second kappa shape index (κ2) is 4.14. The molecule has 0 radical (unpaired) electrons. The van der Waals surface area contributed by atoms with Crippen molar-refractivity contribution in [1.29, 1.82) is 0 Å². The van der Waals surface area contributed by atoms with E-state index >= 15 is 0 Å². The molecular weight excluding hydrogens is 188 g/mol. The summed E-state index contributed by atoms with van der Waals surface area (Å²) in [6, 6.07) is 10.1. The van der Waals surface area contributed by atoms with Gasteiger partial charge in [0.1, 0.15) is 5.82 Å². The Bertz CT molecular complexity index is 433. The predicted octanol–water partition coefficient (Wildman–Crippen LogP) is 0.972. The van der Waals surface area contributed by atoms with Crippen LogP contribution >= 0.6 is 0 Å². The van der Waals surface area contributed by atoms with Crippen molar-refractivity contribution in [1.82, 2.24) is 9.78 Å². The molecular formula is C11H14N4. The number of nitrogen functional groups attached to an aromatic ring is 1. The molecule has 2 aromatic rings. The zero-order valence-corrected chi connectivity index (χ0v) is 8.43. The second-order valence-corrected chi connectivity index (χ2v) is 3.40. The third-order valence-electron chi connectivity index (χ3n) is 2.36. The molecule has 0 aliphatic rings. The third kappa shape index (κ3) is 1.99. The first kappa shape index (κ1) is 9.73.